The fourth-order valence-corrected chi connectivity index (χ4v) is 5.94. The molecule has 2 aliphatic heterocycles. The van der Waals surface area contributed by atoms with Crippen LogP contribution < -0.4 is 0 Å². The molecule has 1 unspecified atom stereocenters. The molecule has 1 saturated carbocycles. The Morgan fingerprint density at radius 3 is 2.45 bits per heavy atom. The Bertz CT molecular complexity index is 926. The van der Waals surface area contributed by atoms with Crippen molar-refractivity contribution in [3.8, 4) is 0 Å². The van der Waals surface area contributed by atoms with Crippen LogP contribution in [0, 0.1) is 11.8 Å². The summed E-state index contributed by atoms with van der Waals surface area (Å²) in [6.45, 7) is 8.13. The van der Waals surface area contributed by atoms with E-state index in [1.807, 2.05) is 0 Å². The number of benzene rings is 1. The summed E-state index contributed by atoms with van der Waals surface area (Å²) >= 11 is 0. The van der Waals surface area contributed by atoms with E-state index in [0.717, 1.165) is 24.0 Å². The fraction of sp³-hybridized carbons (Fsp3) is 0.600. The Labute approximate surface area is 183 Å². The zero-order chi connectivity index (χ0) is 22.7. The largest absolute Gasteiger partial charge is 0.477 e. The number of hydrogen-bond acceptors (Lipinski definition) is 4. The molecule has 0 aromatic heterocycles. The van der Waals surface area contributed by atoms with Crippen LogP contribution in [0.15, 0.2) is 35.5 Å². The van der Waals surface area contributed by atoms with E-state index < -0.39 is 23.6 Å². The Hall–Kier alpha value is -2.18. The van der Waals surface area contributed by atoms with Gasteiger partial charge in [0.15, 0.2) is 0 Å². The SMILES string of the molecule is CO[C@]1(Cc2ccc(C(C)(C)C)cc2)CCC[C@H]2C1=C(C(=O)O)N1C(=O)[C@H](C(C)O)[C@@H]21. The van der Waals surface area contributed by atoms with Crippen molar-refractivity contribution in [3.63, 3.8) is 0 Å². The van der Waals surface area contributed by atoms with E-state index in [-0.39, 0.29) is 29.0 Å². The molecule has 4 rings (SSSR count). The van der Waals surface area contributed by atoms with Gasteiger partial charge in [-0.2, -0.15) is 0 Å². The Balaban J connectivity index is 1.75. The number of nitrogens with zero attached hydrogens (tertiary/aromatic N) is 1. The van der Waals surface area contributed by atoms with Crippen molar-refractivity contribution in [1.29, 1.82) is 0 Å². The first-order valence-electron chi connectivity index (χ1n) is 11.2. The third-order valence-electron chi connectivity index (χ3n) is 7.48. The van der Waals surface area contributed by atoms with Gasteiger partial charge >= 0.3 is 5.97 Å². The number of carboxylic acids is 1. The maximum atomic E-state index is 12.8. The van der Waals surface area contributed by atoms with Gasteiger partial charge in [-0.15, -0.1) is 0 Å². The van der Waals surface area contributed by atoms with Crippen LogP contribution in [0.5, 0.6) is 0 Å². The highest BCUT2D eigenvalue weighted by Gasteiger charge is 2.64. The second kappa shape index (κ2) is 7.45. The van der Waals surface area contributed by atoms with Crippen LogP contribution >= 0.6 is 0 Å². The summed E-state index contributed by atoms with van der Waals surface area (Å²) < 4.78 is 6.11. The van der Waals surface area contributed by atoms with Gasteiger partial charge in [-0.1, -0.05) is 45.0 Å². The van der Waals surface area contributed by atoms with Crippen molar-refractivity contribution >= 4 is 11.9 Å². The minimum atomic E-state index is -1.09. The van der Waals surface area contributed by atoms with Gasteiger partial charge in [0.25, 0.3) is 0 Å². The molecule has 1 aromatic rings. The number of carbonyl (C=O) groups is 2. The second-order valence-corrected chi connectivity index (χ2v) is 10.4. The highest BCUT2D eigenvalue weighted by atomic mass is 16.5. The van der Waals surface area contributed by atoms with Gasteiger partial charge in [-0.05, 0) is 48.3 Å². The first-order chi connectivity index (χ1) is 14.5. The van der Waals surface area contributed by atoms with Gasteiger partial charge in [0, 0.05) is 19.4 Å². The molecule has 0 spiro atoms. The Morgan fingerprint density at radius 2 is 1.94 bits per heavy atom. The standard InChI is InChI=1S/C25H33NO5/c1-14(27)18-20-17-7-6-12-25(31-5,19(17)21(23(29)30)26(20)22(18)28)13-15-8-10-16(11-9-15)24(2,3)4/h8-11,14,17-18,20,27H,6-7,12-13H2,1-5H3,(H,29,30)/t14?,17-,18+,20+,25-/m0/s1. The van der Waals surface area contributed by atoms with Gasteiger partial charge < -0.3 is 19.8 Å². The number of fused-ring (bicyclic) bond motifs is 3. The van der Waals surface area contributed by atoms with Crippen molar-refractivity contribution in [2.45, 2.75) is 76.5 Å². The van der Waals surface area contributed by atoms with Crippen LogP contribution in [0.4, 0.5) is 0 Å². The number of β-lactam (4-membered cyclic amide) rings is 1. The fourth-order valence-electron chi connectivity index (χ4n) is 5.94. The Kier molecular flexibility index (Phi) is 5.30. The third kappa shape index (κ3) is 3.31. The van der Waals surface area contributed by atoms with Crippen LogP contribution in [-0.2, 0) is 26.2 Å². The number of aliphatic hydroxyl groups excluding tert-OH is 1. The lowest BCUT2D eigenvalue weighted by Gasteiger charge is -2.48. The number of methoxy groups -OCH3 is 1. The molecule has 1 amide bonds. The lowest BCUT2D eigenvalue weighted by molar-refractivity contribution is -0.163. The van der Waals surface area contributed by atoms with Crippen LogP contribution in [-0.4, -0.2) is 51.8 Å². The molecular formula is C25H33NO5. The van der Waals surface area contributed by atoms with Crippen LogP contribution in [0.2, 0.25) is 0 Å². The molecule has 1 aromatic carbocycles. The lowest BCUT2D eigenvalue weighted by Crippen LogP contribution is -2.64. The number of amides is 1. The van der Waals surface area contributed by atoms with Gasteiger partial charge in [0.2, 0.25) is 5.91 Å². The zero-order valence-corrected chi connectivity index (χ0v) is 19.0. The molecule has 168 valence electrons. The first kappa shape index (κ1) is 22.0. The molecule has 6 nitrogen and oxygen atoms in total. The van der Waals surface area contributed by atoms with Crippen molar-refractivity contribution in [2.24, 2.45) is 11.8 Å². The summed E-state index contributed by atoms with van der Waals surface area (Å²) in [5.74, 6) is -2.02. The van der Waals surface area contributed by atoms with Crippen LogP contribution in [0.1, 0.15) is 58.1 Å². The molecule has 31 heavy (non-hydrogen) atoms. The number of aliphatic hydroxyl groups is 1. The van der Waals surface area contributed by atoms with E-state index in [9.17, 15) is 19.8 Å². The van der Waals surface area contributed by atoms with Gasteiger partial charge in [0.05, 0.1) is 23.7 Å². The monoisotopic (exact) mass is 427 g/mol. The molecule has 2 fully saturated rings. The maximum absolute atomic E-state index is 12.8. The number of carboxylic acid groups (broad SMARTS) is 1. The second-order valence-electron chi connectivity index (χ2n) is 10.4. The quantitative estimate of drug-likeness (QED) is 0.705. The van der Waals surface area contributed by atoms with E-state index in [2.05, 4.69) is 45.0 Å². The summed E-state index contributed by atoms with van der Waals surface area (Å²) in [4.78, 5) is 26.5. The molecule has 3 aliphatic rings. The molecule has 0 radical (unpaired) electrons. The topological polar surface area (TPSA) is 87.1 Å². The van der Waals surface area contributed by atoms with Crippen molar-refractivity contribution in [2.75, 3.05) is 7.11 Å². The Morgan fingerprint density at radius 1 is 1.29 bits per heavy atom. The predicted octanol–water partition coefficient (Wildman–Crippen LogP) is 3.27. The number of rotatable bonds is 5. The third-order valence-corrected chi connectivity index (χ3v) is 7.48. The summed E-state index contributed by atoms with van der Waals surface area (Å²) in [7, 11) is 1.64. The highest BCUT2D eigenvalue weighted by molar-refractivity contribution is 6.00. The maximum Gasteiger partial charge on any atom is 0.352 e. The molecule has 0 bridgehead atoms. The average Bonchev–Trinajstić information content (AvgIpc) is 2.99. The number of hydrogen-bond donors (Lipinski definition) is 2. The highest BCUT2D eigenvalue weighted by Crippen LogP contribution is 2.56. The molecule has 2 N–H and O–H groups in total. The molecule has 1 saturated heterocycles. The van der Waals surface area contributed by atoms with Crippen molar-refractivity contribution < 1.29 is 24.5 Å². The van der Waals surface area contributed by atoms with E-state index in [0.29, 0.717) is 12.8 Å². The normalized spacial score (nSPS) is 31.2. The zero-order valence-electron chi connectivity index (χ0n) is 19.0. The van der Waals surface area contributed by atoms with Gasteiger partial charge in [0.1, 0.15) is 5.70 Å². The molecule has 6 heteroatoms. The van der Waals surface area contributed by atoms with Crippen LogP contribution in [0.3, 0.4) is 0 Å². The molecule has 1 aliphatic carbocycles. The van der Waals surface area contributed by atoms with E-state index in [1.54, 1.807) is 14.0 Å². The summed E-state index contributed by atoms with van der Waals surface area (Å²) in [6, 6.07) is 8.16. The average molecular weight is 428 g/mol. The van der Waals surface area contributed by atoms with Gasteiger partial charge in [-0.25, -0.2) is 4.79 Å². The van der Waals surface area contributed by atoms with Crippen LogP contribution in [0.25, 0.3) is 0 Å². The number of aliphatic carboxylic acids is 1. The summed E-state index contributed by atoms with van der Waals surface area (Å²) in [5, 5.41) is 20.2. The van der Waals surface area contributed by atoms with Crippen molar-refractivity contribution in [1.82, 2.24) is 4.90 Å². The minimum absolute atomic E-state index is 0.0563. The van der Waals surface area contributed by atoms with E-state index in [4.69, 9.17) is 4.74 Å². The first-order valence-corrected chi connectivity index (χ1v) is 11.2. The minimum Gasteiger partial charge on any atom is -0.477 e. The number of carbonyl (C=O) groups excluding carboxylic acids is 1. The molecule has 5 atom stereocenters. The summed E-state index contributed by atoms with van der Waals surface area (Å²) in [5.41, 5.74) is 2.42. The van der Waals surface area contributed by atoms with Gasteiger partial charge in [-0.3, -0.25) is 4.79 Å². The molecule has 2 heterocycles. The molecular weight excluding hydrogens is 394 g/mol. The van der Waals surface area contributed by atoms with Crippen molar-refractivity contribution in [3.05, 3.63) is 46.7 Å². The summed E-state index contributed by atoms with van der Waals surface area (Å²) in [6.07, 6.45) is 2.16. The predicted molar refractivity (Wildman–Crippen MR) is 116 cm³/mol. The smallest absolute Gasteiger partial charge is 0.352 e. The lowest BCUT2D eigenvalue weighted by atomic mass is 9.66. The number of ether oxygens (including phenoxy) is 1. The van der Waals surface area contributed by atoms with E-state index >= 15 is 0 Å². The van der Waals surface area contributed by atoms with E-state index in [1.165, 1.54) is 10.5 Å².